The molecule has 6 atom stereocenters. The topological polar surface area (TPSA) is 55.8 Å². The third-order valence-corrected chi connectivity index (χ3v) is 14.0. The van der Waals surface area contributed by atoms with Crippen molar-refractivity contribution >= 4 is 14.3 Å². The van der Waals surface area contributed by atoms with Crippen LogP contribution in [0.4, 0.5) is 0 Å². The van der Waals surface area contributed by atoms with Crippen molar-refractivity contribution in [3.63, 3.8) is 0 Å². The van der Waals surface area contributed by atoms with Crippen LogP contribution in [0.15, 0.2) is 30.3 Å². The molecule has 2 aliphatic carbocycles. The second kappa shape index (κ2) is 10.6. The molecule has 5 heteroatoms. The van der Waals surface area contributed by atoms with Crippen LogP contribution in [0.5, 0.6) is 0 Å². The Bertz CT molecular complexity index is 968. The number of fused-ring (bicyclic) bond motifs is 1. The lowest BCUT2D eigenvalue weighted by Gasteiger charge is -2.46. The van der Waals surface area contributed by atoms with Gasteiger partial charge in [-0.2, -0.15) is 0 Å². The summed E-state index contributed by atoms with van der Waals surface area (Å²) in [6.45, 7) is 19.7. The largest absolute Gasteiger partial charge is 0.458 e. The van der Waals surface area contributed by atoms with Crippen LogP contribution < -0.4 is 0 Å². The van der Waals surface area contributed by atoms with Crippen LogP contribution in [0.3, 0.4) is 0 Å². The van der Waals surface area contributed by atoms with E-state index in [1.807, 2.05) is 44.2 Å². The standard InChI is InChI=1S/C31H48O4Si/c1-22(26(32)19-21-30(5,6)35-36(8,9)29(2,3)4)24-17-18-25-27(16-13-20-31(24,25)7)34-28(33)23-14-11-10-12-15-23/h10-12,14-15,22,24-27,32H,13,16-18,20H2,1-9H3/t22-,24+,25-,26+,27-,31+/m0/s1. The molecule has 1 aromatic carbocycles. The zero-order chi connectivity index (χ0) is 26.9. The molecule has 0 heterocycles. The van der Waals surface area contributed by atoms with Gasteiger partial charge in [0, 0.05) is 5.92 Å². The molecule has 36 heavy (non-hydrogen) atoms. The first-order valence-electron chi connectivity index (χ1n) is 13.7. The lowest BCUT2D eigenvalue weighted by molar-refractivity contribution is -0.0532. The quantitative estimate of drug-likeness (QED) is 0.248. The third-order valence-electron chi connectivity index (χ3n) is 9.37. The fraction of sp³-hybridized carbons (Fsp3) is 0.710. The number of ether oxygens (including phenoxy) is 1. The summed E-state index contributed by atoms with van der Waals surface area (Å²) >= 11 is 0. The summed E-state index contributed by atoms with van der Waals surface area (Å²) in [5, 5.41) is 11.3. The highest BCUT2D eigenvalue weighted by molar-refractivity contribution is 6.74. The summed E-state index contributed by atoms with van der Waals surface area (Å²) in [6, 6.07) is 9.28. The molecule has 0 amide bonds. The molecule has 0 aliphatic heterocycles. The van der Waals surface area contributed by atoms with Crippen LogP contribution in [0.25, 0.3) is 0 Å². The highest BCUT2D eigenvalue weighted by Gasteiger charge is 2.54. The van der Waals surface area contributed by atoms with Crippen molar-refractivity contribution in [2.75, 3.05) is 0 Å². The second-order valence-electron chi connectivity index (χ2n) is 13.4. The summed E-state index contributed by atoms with van der Waals surface area (Å²) in [5.41, 5.74) is 0.0450. The van der Waals surface area contributed by atoms with Gasteiger partial charge in [0.2, 0.25) is 0 Å². The maximum absolute atomic E-state index is 12.8. The van der Waals surface area contributed by atoms with Gasteiger partial charge < -0.3 is 14.3 Å². The molecule has 0 spiro atoms. The molecular weight excluding hydrogens is 464 g/mol. The lowest BCUT2D eigenvalue weighted by Crippen LogP contribution is -2.47. The summed E-state index contributed by atoms with van der Waals surface area (Å²) in [5.74, 6) is 6.92. The number of hydrogen-bond acceptors (Lipinski definition) is 4. The first kappa shape index (κ1) is 29.0. The summed E-state index contributed by atoms with van der Waals surface area (Å²) in [7, 11) is -1.97. The van der Waals surface area contributed by atoms with Gasteiger partial charge in [-0.15, -0.1) is 0 Å². The lowest BCUT2D eigenvalue weighted by atomic mass is 9.61. The van der Waals surface area contributed by atoms with Crippen LogP contribution in [-0.4, -0.2) is 37.2 Å². The molecule has 0 saturated heterocycles. The minimum Gasteiger partial charge on any atom is -0.458 e. The van der Waals surface area contributed by atoms with E-state index >= 15 is 0 Å². The van der Waals surface area contributed by atoms with E-state index in [0.717, 1.165) is 32.1 Å². The zero-order valence-corrected chi connectivity index (χ0v) is 25.0. The van der Waals surface area contributed by atoms with Crippen molar-refractivity contribution in [2.24, 2.45) is 23.2 Å². The van der Waals surface area contributed by atoms with Crippen molar-refractivity contribution in [1.82, 2.24) is 0 Å². The van der Waals surface area contributed by atoms with E-state index in [9.17, 15) is 9.90 Å². The van der Waals surface area contributed by atoms with E-state index in [-0.39, 0.29) is 28.4 Å². The Hall–Kier alpha value is -1.61. The SMILES string of the molecule is C[C@H]([C@H](O)C#CC(C)(C)O[Si](C)(C)C(C)(C)C)[C@H]1CC[C@H]2[C@@H](OC(=O)c3ccccc3)CCC[C@]12C. The van der Waals surface area contributed by atoms with Gasteiger partial charge in [-0.05, 0) is 93.5 Å². The Kier molecular flexibility index (Phi) is 8.55. The van der Waals surface area contributed by atoms with E-state index in [1.165, 1.54) is 0 Å². The van der Waals surface area contributed by atoms with Gasteiger partial charge in [-0.25, -0.2) is 4.79 Å². The van der Waals surface area contributed by atoms with E-state index in [1.54, 1.807) is 0 Å². The Balaban J connectivity index is 1.69. The predicted octanol–water partition coefficient (Wildman–Crippen LogP) is 7.23. The molecule has 0 aromatic heterocycles. The third kappa shape index (κ3) is 6.26. The molecule has 2 fully saturated rings. The fourth-order valence-corrected chi connectivity index (χ4v) is 7.99. The molecule has 3 rings (SSSR count). The molecular formula is C31H48O4Si. The minimum atomic E-state index is -1.97. The zero-order valence-electron chi connectivity index (χ0n) is 24.0. The maximum Gasteiger partial charge on any atom is 0.338 e. The van der Waals surface area contributed by atoms with E-state index < -0.39 is 20.0 Å². The molecule has 0 bridgehead atoms. The predicted molar refractivity (Wildman–Crippen MR) is 149 cm³/mol. The van der Waals surface area contributed by atoms with Crippen molar-refractivity contribution in [1.29, 1.82) is 0 Å². The van der Waals surface area contributed by atoms with Crippen molar-refractivity contribution in [3.05, 3.63) is 35.9 Å². The maximum atomic E-state index is 12.8. The van der Waals surface area contributed by atoms with Crippen LogP contribution in [0.2, 0.25) is 18.1 Å². The smallest absolute Gasteiger partial charge is 0.338 e. The van der Waals surface area contributed by atoms with E-state index in [2.05, 4.69) is 59.6 Å². The average Bonchev–Trinajstić information content (AvgIpc) is 3.14. The van der Waals surface area contributed by atoms with Gasteiger partial charge in [0.25, 0.3) is 0 Å². The summed E-state index contributed by atoms with van der Waals surface area (Å²) in [6.07, 6.45) is 4.35. The number of hydrogen-bond donors (Lipinski definition) is 1. The Labute approximate surface area is 220 Å². The number of benzene rings is 1. The van der Waals surface area contributed by atoms with Crippen LogP contribution in [-0.2, 0) is 9.16 Å². The van der Waals surface area contributed by atoms with Crippen molar-refractivity contribution < 1.29 is 19.1 Å². The molecule has 200 valence electrons. The average molecular weight is 513 g/mol. The Morgan fingerprint density at radius 3 is 2.36 bits per heavy atom. The Morgan fingerprint density at radius 1 is 1.11 bits per heavy atom. The summed E-state index contributed by atoms with van der Waals surface area (Å²) in [4.78, 5) is 12.8. The number of aliphatic hydroxyl groups is 1. The normalized spacial score (nSPS) is 28.4. The van der Waals surface area contributed by atoms with Gasteiger partial charge in [-0.1, -0.05) is 64.7 Å². The number of carbonyl (C=O) groups excluding carboxylic acids is 1. The monoisotopic (exact) mass is 512 g/mol. The molecule has 1 aromatic rings. The summed E-state index contributed by atoms with van der Waals surface area (Å²) < 4.78 is 12.6. The van der Waals surface area contributed by atoms with Crippen LogP contribution in [0, 0.1) is 35.0 Å². The van der Waals surface area contributed by atoms with Crippen LogP contribution in [0.1, 0.15) is 90.9 Å². The van der Waals surface area contributed by atoms with Gasteiger partial charge in [0.05, 0.1) is 5.56 Å². The molecule has 0 unspecified atom stereocenters. The Morgan fingerprint density at radius 2 is 1.75 bits per heavy atom. The van der Waals surface area contributed by atoms with Crippen LogP contribution >= 0.6 is 0 Å². The van der Waals surface area contributed by atoms with Crippen molar-refractivity contribution in [2.45, 2.75) is 117 Å². The van der Waals surface area contributed by atoms with Crippen molar-refractivity contribution in [3.8, 4) is 11.8 Å². The minimum absolute atomic E-state index is 0.0368. The first-order chi connectivity index (χ1) is 16.6. The molecule has 2 saturated carbocycles. The van der Waals surface area contributed by atoms with Gasteiger partial charge in [-0.3, -0.25) is 0 Å². The highest BCUT2D eigenvalue weighted by Crippen LogP contribution is 2.58. The highest BCUT2D eigenvalue weighted by atomic mass is 28.4. The first-order valence-corrected chi connectivity index (χ1v) is 16.7. The second-order valence-corrected chi connectivity index (χ2v) is 18.2. The molecule has 0 radical (unpaired) electrons. The molecule has 4 nitrogen and oxygen atoms in total. The molecule has 2 aliphatic rings. The van der Waals surface area contributed by atoms with Gasteiger partial charge >= 0.3 is 5.97 Å². The number of esters is 1. The van der Waals surface area contributed by atoms with E-state index in [4.69, 9.17) is 9.16 Å². The number of carbonyl (C=O) groups is 1. The van der Waals surface area contributed by atoms with Gasteiger partial charge in [0.15, 0.2) is 8.32 Å². The number of aliphatic hydroxyl groups excluding tert-OH is 1. The fourth-order valence-electron chi connectivity index (χ4n) is 6.36. The number of rotatable bonds is 6. The van der Waals surface area contributed by atoms with Gasteiger partial charge in [0.1, 0.15) is 17.8 Å². The molecule has 1 N–H and O–H groups in total. The van der Waals surface area contributed by atoms with E-state index in [0.29, 0.717) is 17.4 Å².